The van der Waals surface area contributed by atoms with Crippen LogP contribution in [0.5, 0.6) is 0 Å². The first-order chi connectivity index (χ1) is 8.40. The average molecular weight is 325 g/mol. The summed E-state index contributed by atoms with van der Waals surface area (Å²) in [4.78, 5) is 24.6. The molecule has 0 fully saturated rings. The monoisotopic (exact) mass is 324 g/mol. The molecule has 0 N–H and O–H groups in total. The van der Waals surface area contributed by atoms with Crippen LogP contribution in [0.4, 0.5) is 14.5 Å². The van der Waals surface area contributed by atoms with Crippen molar-refractivity contribution in [2.45, 2.75) is 13.3 Å². The second-order valence-electron chi connectivity index (χ2n) is 3.00. The van der Waals surface area contributed by atoms with E-state index in [-0.39, 0.29) is 6.61 Å². The Morgan fingerprint density at radius 2 is 2.28 bits per heavy atom. The molecular formula is C9H7BrF2N2O4. The first-order valence-corrected chi connectivity index (χ1v) is 5.47. The van der Waals surface area contributed by atoms with E-state index in [2.05, 4.69) is 25.7 Å². The number of nitro groups is 1. The van der Waals surface area contributed by atoms with Crippen molar-refractivity contribution in [2.75, 3.05) is 6.61 Å². The molecule has 0 saturated heterocycles. The van der Waals surface area contributed by atoms with E-state index in [1.54, 1.807) is 0 Å². The highest BCUT2D eigenvalue weighted by molar-refractivity contribution is 9.10. The van der Waals surface area contributed by atoms with Crippen LogP contribution in [0.15, 0.2) is 10.7 Å². The van der Waals surface area contributed by atoms with E-state index >= 15 is 0 Å². The van der Waals surface area contributed by atoms with Gasteiger partial charge in [0, 0.05) is 6.20 Å². The molecule has 98 valence electrons. The van der Waals surface area contributed by atoms with E-state index in [9.17, 15) is 23.7 Å². The van der Waals surface area contributed by atoms with Crippen LogP contribution in [-0.4, -0.2) is 22.5 Å². The zero-order chi connectivity index (χ0) is 13.9. The third kappa shape index (κ3) is 2.78. The third-order valence-corrected chi connectivity index (χ3v) is 2.74. The zero-order valence-electron chi connectivity index (χ0n) is 9.02. The van der Waals surface area contributed by atoms with Crippen LogP contribution < -0.4 is 0 Å². The molecule has 0 aliphatic carbocycles. The lowest BCUT2D eigenvalue weighted by molar-refractivity contribution is -0.386. The van der Waals surface area contributed by atoms with E-state index in [4.69, 9.17) is 0 Å². The predicted molar refractivity (Wildman–Crippen MR) is 59.5 cm³/mol. The van der Waals surface area contributed by atoms with Crippen LogP contribution in [0.3, 0.4) is 0 Å². The lowest BCUT2D eigenvalue weighted by Crippen LogP contribution is -2.12. The van der Waals surface area contributed by atoms with Gasteiger partial charge in [-0.1, -0.05) is 0 Å². The Bertz CT molecular complexity index is 496. The summed E-state index contributed by atoms with van der Waals surface area (Å²) in [6, 6.07) is 0. The number of esters is 1. The molecule has 0 aliphatic rings. The summed E-state index contributed by atoms with van der Waals surface area (Å²) in [5.74, 6) is -1.04. The van der Waals surface area contributed by atoms with Crippen molar-refractivity contribution in [3.05, 3.63) is 32.0 Å². The number of carbonyl (C=O) groups excluding carboxylic acids is 1. The Morgan fingerprint density at radius 1 is 1.67 bits per heavy atom. The van der Waals surface area contributed by atoms with Crippen molar-refractivity contribution in [3.63, 3.8) is 0 Å². The Kier molecular flexibility index (Phi) is 4.65. The number of alkyl halides is 2. The number of aromatic nitrogens is 1. The Balaban J connectivity index is 3.41. The van der Waals surface area contributed by atoms with Gasteiger partial charge in [-0.3, -0.25) is 10.1 Å². The van der Waals surface area contributed by atoms with Crippen LogP contribution in [-0.2, 0) is 4.74 Å². The number of pyridine rings is 1. The Morgan fingerprint density at radius 3 is 2.72 bits per heavy atom. The molecule has 0 atom stereocenters. The molecule has 1 rings (SSSR count). The van der Waals surface area contributed by atoms with Gasteiger partial charge in [0.1, 0.15) is 4.47 Å². The highest BCUT2D eigenvalue weighted by Crippen LogP contribution is 2.35. The van der Waals surface area contributed by atoms with E-state index in [0.717, 1.165) is 0 Å². The van der Waals surface area contributed by atoms with E-state index < -0.39 is 38.7 Å². The third-order valence-electron chi connectivity index (χ3n) is 1.90. The average Bonchev–Trinajstić information content (AvgIpc) is 2.27. The van der Waals surface area contributed by atoms with Gasteiger partial charge in [0.05, 0.1) is 17.1 Å². The number of halogens is 3. The van der Waals surface area contributed by atoms with Crippen molar-refractivity contribution in [1.82, 2.24) is 4.98 Å². The molecule has 6 nitrogen and oxygen atoms in total. The lowest BCUT2D eigenvalue weighted by atomic mass is 10.2. The van der Waals surface area contributed by atoms with Gasteiger partial charge in [-0.2, -0.15) is 0 Å². The summed E-state index contributed by atoms with van der Waals surface area (Å²) in [5, 5.41) is 10.8. The van der Waals surface area contributed by atoms with Crippen molar-refractivity contribution in [3.8, 4) is 0 Å². The molecule has 9 heteroatoms. The molecule has 0 saturated carbocycles. The summed E-state index contributed by atoms with van der Waals surface area (Å²) in [6.45, 7) is 1.50. The van der Waals surface area contributed by atoms with Crippen molar-refractivity contribution in [1.29, 1.82) is 0 Å². The summed E-state index contributed by atoms with van der Waals surface area (Å²) >= 11 is 2.68. The van der Waals surface area contributed by atoms with Gasteiger partial charge in [0.15, 0.2) is 0 Å². The fourth-order valence-electron chi connectivity index (χ4n) is 1.16. The van der Waals surface area contributed by atoms with Crippen LogP contribution >= 0.6 is 15.9 Å². The molecule has 0 spiro atoms. The molecule has 0 unspecified atom stereocenters. The number of carbonyl (C=O) groups is 1. The van der Waals surface area contributed by atoms with Crippen LogP contribution in [0, 0.1) is 10.1 Å². The fraction of sp³-hybridized carbons (Fsp3) is 0.333. The first kappa shape index (κ1) is 14.4. The molecule has 1 aromatic heterocycles. The van der Waals surface area contributed by atoms with Crippen molar-refractivity contribution in [2.24, 2.45) is 0 Å². The zero-order valence-corrected chi connectivity index (χ0v) is 10.6. The summed E-state index contributed by atoms with van der Waals surface area (Å²) < 4.78 is 29.2. The number of hydrogen-bond donors (Lipinski definition) is 0. The molecule has 0 amide bonds. The highest BCUT2D eigenvalue weighted by atomic mass is 79.9. The van der Waals surface area contributed by atoms with Gasteiger partial charge in [-0.25, -0.2) is 18.6 Å². The highest BCUT2D eigenvalue weighted by Gasteiger charge is 2.30. The topological polar surface area (TPSA) is 82.3 Å². The molecule has 1 heterocycles. The number of nitrogens with zero attached hydrogens (tertiary/aromatic N) is 2. The van der Waals surface area contributed by atoms with E-state index in [1.807, 2.05) is 0 Å². The van der Waals surface area contributed by atoms with Crippen LogP contribution in [0.1, 0.15) is 29.4 Å². The minimum atomic E-state index is -2.94. The minimum Gasteiger partial charge on any atom is -0.461 e. The maximum Gasteiger partial charge on any atom is 0.364 e. The maximum absolute atomic E-state index is 12.5. The number of hydrogen-bond acceptors (Lipinski definition) is 5. The lowest BCUT2D eigenvalue weighted by Gasteiger charge is -2.07. The quantitative estimate of drug-likeness (QED) is 0.483. The second-order valence-corrected chi connectivity index (χ2v) is 3.80. The molecule has 0 radical (unpaired) electrons. The predicted octanol–water partition coefficient (Wildman–Crippen LogP) is 2.87. The van der Waals surface area contributed by atoms with E-state index in [1.165, 1.54) is 6.92 Å². The molecule has 0 aromatic carbocycles. The first-order valence-electron chi connectivity index (χ1n) is 4.68. The summed E-state index contributed by atoms with van der Waals surface area (Å²) in [7, 11) is 0. The standard InChI is InChI=1S/C9H7BrF2N2O4/c1-2-18-9(15)6-7(14(16)17)5(10)4(3-13-6)8(11)12/h3,8H,2H2,1H3. The SMILES string of the molecule is CCOC(=O)c1ncc(C(F)F)c(Br)c1[N+](=O)[O-]. The van der Waals surface area contributed by atoms with Gasteiger partial charge in [0.2, 0.25) is 5.69 Å². The summed E-state index contributed by atoms with van der Waals surface area (Å²) in [5.41, 5.74) is -2.10. The van der Waals surface area contributed by atoms with Crippen LogP contribution in [0.25, 0.3) is 0 Å². The normalized spacial score (nSPS) is 10.5. The Labute approximate surface area is 108 Å². The van der Waals surface area contributed by atoms with Gasteiger partial charge in [-0.05, 0) is 22.9 Å². The van der Waals surface area contributed by atoms with Gasteiger partial charge >= 0.3 is 11.7 Å². The van der Waals surface area contributed by atoms with E-state index in [0.29, 0.717) is 6.20 Å². The van der Waals surface area contributed by atoms with Gasteiger partial charge < -0.3 is 4.74 Å². The van der Waals surface area contributed by atoms with Gasteiger partial charge in [-0.15, -0.1) is 0 Å². The fourth-order valence-corrected chi connectivity index (χ4v) is 1.77. The largest absolute Gasteiger partial charge is 0.461 e. The molecule has 18 heavy (non-hydrogen) atoms. The molecule has 1 aromatic rings. The van der Waals surface area contributed by atoms with Crippen LogP contribution in [0.2, 0.25) is 0 Å². The maximum atomic E-state index is 12.5. The number of rotatable bonds is 4. The number of ether oxygens (including phenoxy) is 1. The van der Waals surface area contributed by atoms with Crippen molar-refractivity contribution >= 4 is 27.6 Å². The summed E-state index contributed by atoms with van der Waals surface area (Å²) in [6.07, 6.45) is -2.24. The molecule has 0 aliphatic heterocycles. The van der Waals surface area contributed by atoms with Crippen molar-refractivity contribution < 1.29 is 23.2 Å². The Hall–Kier alpha value is -1.64. The molecular weight excluding hydrogens is 318 g/mol. The smallest absolute Gasteiger partial charge is 0.364 e. The van der Waals surface area contributed by atoms with Gasteiger partial charge in [0.25, 0.3) is 6.43 Å². The second kappa shape index (κ2) is 5.80. The minimum absolute atomic E-state index is 0.00805. The molecule has 0 bridgehead atoms.